The van der Waals surface area contributed by atoms with Gasteiger partial charge in [0.25, 0.3) is 5.91 Å². The fourth-order valence-electron chi connectivity index (χ4n) is 2.33. The van der Waals surface area contributed by atoms with Gasteiger partial charge in [0.1, 0.15) is 0 Å². The monoisotopic (exact) mass is 281 g/mol. The van der Waals surface area contributed by atoms with Gasteiger partial charge < -0.3 is 4.90 Å². The van der Waals surface area contributed by atoms with E-state index in [2.05, 4.69) is 6.92 Å². The highest BCUT2D eigenvalue weighted by Crippen LogP contribution is 2.18. The predicted molar refractivity (Wildman–Crippen MR) is 75.0 cm³/mol. The number of aryl methyl sites for hydroxylation is 1. The molecule has 104 valence electrons. The lowest BCUT2D eigenvalue weighted by Crippen LogP contribution is -2.37. The molecule has 2 rings (SSSR count). The second-order valence-electron chi connectivity index (χ2n) is 5.02. The normalized spacial score (nSPS) is 21.3. The number of carbonyl (C=O) groups excluding carboxylic acids is 1. The second kappa shape index (κ2) is 5.33. The summed E-state index contributed by atoms with van der Waals surface area (Å²) >= 11 is 0. The Morgan fingerprint density at radius 1 is 1.32 bits per heavy atom. The molecule has 1 heterocycles. The first-order valence-corrected chi connectivity index (χ1v) is 8.31. The highest BCUT2D eigenvalue weighted by atomic mass is 32.2. The van der Waals surface area contributed by atoms with Crippen LogP contribution in [0.3, 0.4) is 0 Å². The lowest BCUT2D eigenvalue weighted by Gasteiger charge is -2.23. The molecular formula is C14H19NO3S. The lowest BCUT2D eigenvalue weighted by atomic mass is 10.1. The molecule has 1 aromatic carbocycles. The molecular weight excluding hydrogens is 262 g/mol. The molecule has 19 heavy (non-hydrogen) atoms. The van der Waals surface area contributed by atoms with Crippen LogP contribution < -0.4 is 0 Å². The second-order valence-corrected chi connectivity index (χ2v) is 7.25. The number of hydrogen-bond donors (Lipinski definition) is 0. The molecule has 1 aliphatic heterocycles. The summed E-state index contributed by atoms with van der Waals surface area (Å²) < 4.78 is 22.9. The summed E-state index contributed by atoms with van der Waals surface area (Å²) in [7, 11) is -1.28. The molecule has 1 saturated heterocycles. The molecule has 1 atom stereocenters. The highest BCUT2D eigenvalue weighted by Gasteiger charge is 2.32. The van der Waals surface area contributed by atoms with Crippen LogP contribution in [0.5, 0.6) is 0 Å². The molecule has 4 nitrogen and oxygen atoms in total. The van der Waals surface area contributed by atoms with Crippen LogP contribution in [0.1, 0.15) is 29.3 Å². The molecule has 0 unspecified atom stereocenters. The zero-order valence-corrected chi connectivity index (χ0v) is 12.1. The molecule has 0 aromatic heterocycles. The van der Waals surface area contributed by atoms with E-state index in [9.17, 15) is 13.2 Å². The van der Waals surface area contributed by atoms with Gasteiger partial charge in [0.15, 0.2) is 9.84 Å². The van der Waals surface area contributed by atoms with Crippen molar-refractivity contribution < 1.29 is 13.2 Å². The number of hydrogen-bond acceptors (Lipinski definition) is 3. The summed E-state index contributed by atoms with van der Waals surface area (Å²) in [6.45, 7) is 2.06. The van der Waals surface area contributed by atoms with Gasteiger partial charge in [-0.2, -0.15) is 0 Å². The van der Waals surface area contributed by atoms with Crippen LogP contribution in [-0.2, 0) is 16.3 Å². The molecule has 1 aliphatic rings. The van der Waals surface area contributed by atoms with Crippen LogP contribution in [0.25, 0.3) is 0 Å². The van der Waals surface area contributed by atoms with Crippen molar-refractivity contribution in [2.75, 3.05) is 18.6 Å². The Morgan fingerprint density at radius 2 is 1.95 bits per heavy atom. The minimum absolute atomic E-state index is 0.0856. The van der Waals surface area contributed by atoms with Crippen molar-refractivity contribution in [2.24, 2.45) is 0 Å². The van der Waals surface area contributed by atoms with Gasteiger partial charge >= 0.3 is 0 Å². The number of nitrogens with zero attached hydrogens (tertiary/aromatic N) is 1. The van der Waals surface area contributed by atoms with Crippen molar-refractivity contribution in [3.63, 3.8) is 0 Å². The fourth-order valence-corrected chi connectivity index (χ4v) is 4.11. The smallest absolute Gasteiger partial charge is 0.253 e. The molecule has 0 bridgehead atoms. The first-order chi connectivity index (χ1) is 8.93. The standard InChI is InChI=1S/C14H19NO3S/c1-3-11-4-6-12(7-5-11)14(16)15(2)13-8-9-19(17,18)10-13/h4-7,13H,3,8-10H2,1-2H3/t13-/m1/s1. The maximum atomic E-state index is 12.3. The van der Waals surface area contributed by atoms with Crippen molar-refractivity contribution in [2.45, 2.75) is 25.8 Å². The highest BCUT2D eigenvalue weighted by molar-refractivity contribution is 7.91. The molecule has 0 aliphatic carbocycles. The van der Waals surface area contributed by atoms with E-state index >= 15 is 0 Å². The molecule has 1 amide bonds. The van der Waals surface area contributed by atoms with Crippen LogP contribution in [-0.4, -0.2) is 43.8 Å². The summed E-state index contributed by atoms with van der Waals surface area (Å²) in [6, 6.07) is 7.30. The van der Waals surface area contributed by atoms with Gasteiger partial charge in [-0.15, -0.1) is 0 Å². The number of benzene rings is 1. The predicted octanol–water partition coefficient (Wildman–Crippen LogP) is 1.51. The van der Waals surface area contributed by atoms with Crippen LogP contribution in [0.15, 0.2) is 24.3 Å². The topological polar surface area (TPSA) is 54.5 Å². The average molecular weight is 281 g/mol. The van der Waals surface area contributed by atoms with Gasteiger partial charge in [0, 0.05) is 18.7 Å². The molecule has 5 heteroatoms. The maximum absolute atomic E-state index is 12.3. The van der Waals surface area contributed by atoms with Crippen molar-refractivity contribution in [1.82, 2.24) is 4.90 Å². The van der Waals surface area contributed by atoms with Crippen molar-refractivity contribution in [1.29, 1.82) is 0 Å². The largest absolute Gasteiger partial charge is 0.338 e. The van der Waals surface area contributed by atoms with E-state index in [1.807, 2.05) is 12.1 Å². The molecule has 1 fully saturated rings. The summed E-state index contributed by atoms with van der Waals surface area (Å²) in [5.41, 5.74) is 1.80. The Morgan fingerprint density at radius 3 is 2.42 bits per heavy atom. The zero-order valence-electron chi connectivity index (χ0n) is 11.3. The van der Waals surface area contributed by atoms with Crippen molar-refractivity contribution in [3.05, 3.63) is 35.4 Å². The third kappa shape index (κ3) is 3.15. The van der Waals surface area contributed by atoms with Gasteiger partial charge in [0.05, 0.1) is 11.5 Å². The Labute approximate surface area is 114 Å². The van der Waals surface area contributed by atoms with Gasteiger partial charge in [-0.05, 0) is 30.5 Å². The van der Waals surface area contributed by atoms with E-state index in [-0.39, 0.29) is 23.5 Å². The van der Waals surface area contributed by atoms with Gasteiger partial charge in [-0.1, -0.05) is 19.1 Å². The van der Waals surface area contributed by atoms with Gasteiger partial charge in [0.2, 0.25) is 0 Å². The first kappa shape index (κ1) is 14.1. The fraction of sp³-hybridized carbons (Fsp3) is 0.500. The SMILES string of the molecule is CCc1ccc(C(=O)N(C)[C@@H]2CCS(=O)(=O)C2)cc1. The van der Waals surface area contributed by atoms with Crippen LogP contribution in [0, 0.1) is 0 Å². The van der Waals surface area contributed by atoms with Gasteiger partial charge in [-0.25, -0.2) is 8.42 Å². The first-order valence-electron chi connectivity index (χ1n) is 6.49. The summed E-state index contributed by atoms with van der Waals surface area (Å²) in [4.78, 5) is 13.8. The van der Waals surface area contributed by atoms with E-state index in [1.54, 1.807) is 24.1 Å². The number of sulfone groups is 1. The lowest BCUT2D eigenvalue weighted by molar-refractivity contribution is 0.0747. The van der Waals surface area contributed by atoms with Gasteiger partial charge in [-0.3, -0.25) is 4.79 Å². The van der Waals surface area contributed by atoms with Crippen molar-refractivity contribution in [3.8, 4) is 0 Å². The Hall–Kier alpha value is -1.36. The minimum atomic E-state index is -2.96. The van der Waals surface area contributed by atoms with Crippen LogP contribution in [0.4, 0.5) is 0 Å². The quantitative estimate of drug-likeness (QED) is 0.844. The summed E-state index contributed by atoms with van der Waals surface area (Å²) in [5, 5.41) is 0. The van der Waals surface area contributed by atoms with E-state index in [0.717, 1.165) is 6.42 Å². The van der Waals surface area contributed by atoms with E-state index in [4.69, 9.17) is 0 Å². The zero-order chi connectivity index (χ0) is 14.0. The Kier molecular flexibility index (Phi) is 3.94. The van der Waals surface area contributed by atoms with Crippen molar-refractivity contribution >= 4 is 15.7 Å². The Bertz CT molecular complexity index is 563. The van der Waals surface area contributed by atoms with Crippen LogP contribution in [0.2, 0.25) is 0 Å². The molecule has 0 saturated carbocycles. The molecule has 0 N–H and O–H groups in total. The van der Waals surface area contributed by atoms with E-state index < -0.39 is 9.84 Å². The number of amides is 1. The number of rotatable bonds is 3. The summed E-state index contributed by atoms with van der Waals surface area (Å²) in [5.74, 6) is 0.163. The molecule has 0 radical (unpaired) electrons. The molecule has 0 spiro atoms. The minimum Gasteiger partial charge on any atom is -0.338 e. The summed E-state index contributed by atoms with van der Waals surface area (Å²) in [6.07, 6.45) is 1.47. The average Bonchev–Trinajstić information content (AvgIpc) is 2.77. The Balaban J connectivity index is 2.10. The third-order valence-corrected chi connectivity index (χ3v) is 5.44. The maximum Gasteiger partial charge on any atom is 0.253 e. The van der Waals surface area contributed by atoms with Crippen LogP contribution >= 0.6 is 0 Å². The van der Waals surface area contributed by atoms with E-state index in [0.29, 0.717) is 12.0 Å². The molecule has 1 aromatic rings. The third-order valence-electron chi connectivity index (χ3n) is 3.69. The number of carbonyl (C=O) groups is 1. The van der Waals surface area contributed by atoms with E-state index in [1.165, 1.54) is 5.56 Å².